The van der Waals surface area contributed by atoms with Crippen LogP contribution in [0.15, 0.2) is 59.5 Å². The molecule has 156 valence electrons. The number of anilines is 1. The Bertz CT molecular complexity index is 1220. The van der Waals surface area contributed by atoms with Crippen LogP contribution in [-0.2, 0) is 0 Å². The molecule has 0 aliphatic carbocycles. The Morgan fingerprint density at radius 2 is 2.00 bits per heavy atom. The second-order valence-electron chi connectivity index (χ2n) is 7.85. The summed E-state index contributed by atoms with van der Waals surface area (Å²) < 4.78 is 5.60. The van der Waals surface area contributed by atoms with Crippen LogP contribution in [0.2, 0.25) is 0 Å². The Hall–Kier alpha value is -3.65. The SMILES string of the molecule is CN1CCC(c2nc(C(=O)Nc3cc4cc(-c5cccnc5)ccc4nn3)co2)CC1. The van der Waals surface area contributed by atoms with Crippen molar-refractivity contribution in [3.8, 4) is 11.1 Å². The molecule has 8 heteroatoms. The molecule has 1 fully saturated rings. The molecule has 0 unspecified atom stereocenters. The summed E-state index contributed by atoms with van der Waals surface area (Å²) in [4.78, 5) is 23.5. The Balaban J connectivity index is 1.33. The average molecular weight is 414 g/mol. The van der Waals surface area contributed by atoms with Crippen molar-refractivity contribution in [1.29, 1.82) is 0 Å². The lowest BCUT2D eigenvalue weighted by molar-refractivity contribution is 0.102. The summed E-state index contributed by atoms with van der Waals surface area (Å²) in [6.45, 7) is 2.00. The van der Waals surface area contributed by atoms with Crippen molar-refractivity contribution in [3.63, 3.8) is 0 Å². The second kappa shape index (κ2) is 8.23. The Kier molecular flexibility index (Phi) is 5.13. The van der Waals surface area contributed by atoms with Crippen LogP contribution in [0.5, 0.6) is 0 Å². The molecule has 1 aliphatic rings. The molecule has 1 aliphatic heterocycles. The molecule has 8 nitrogen and oxygen atoms in total. The zero-order valence-electron chi connectivity index (χ0n) is 17.2. The molecule has 0 spiro atoms. The van der Waals surface area contributed by atoms with Crippen LogP contribution in [-0.4, -0.2) is 51.1 Å². The summed E-state index contributed by atoms with van der Waals surface area (Å²) in [5, 5.41) is 12.0. The maximum Gasteiger partial charge on any atom is 0.278 e. The van der Waals surface area contributed by atoms with Gasteiger partial charge in [-0.25, -0.2) is 4.98 Å². The van der Waals surface area contributed by atoms with E-state index in [1.54, 1.807) is 12.3 Å². The minimum absolute atomic E-state index is 0.250. The predicted molar refractivity (Wildman–Crippen MR) is 117 cm³/mol. The number of amides is 1. The van der Waals surface area contributed by atoms with E-state index in [0.29, 0.717) is 11.7 Å². The molecular weight excluding hydrogens is 392 g/mol. The highest BCUT2D eigenvalue weighted by atomic mass is 16.3. The van der Waals surface area contributed by atoms with Crippen LogP contribution in [0, 0.1) is 0 Å². The summed E-state index contributed by atoms with van der Waals surface area (Å²) >= 11 is 0. The summed E-state index contributed by atoms with van der Waals surface area (Å²) in [5.41, 5.74) is 3.03. The number of nitrogens with one attached hydrogen (secondary N) is 1. The number of fused-ring (bicyclic) bond motifs is 1. The van der Waals surface area contributed by atoms with Gasteiger partial charge >= 0.3 is 0 Å². The summed E-state index contributed by atoms with van der Waals surface area (Å²) in [7, 11) is 2.11. The molecule has 1 N–H and O–H groups in total. The van der Waals surface area contributed by atoms with Crippen molar-refractivity contribution >= 4 is 22.6 Å². The van der Waals surface area contributed by atoms with E-state index in [1.807, 2.05) is 36.5 Å². The molecule has 0 radical (unpaired) electrons. The monoisotopic (exact) mass is 414 g/mol. The third-order valence-corrected chi connectivity index (χ3v) is 5.64. The number of oxazole rings is 1. The number of pyridine rings is 1. The highest BCUT2D eigenvalue weighted by Gasteiger charge is 2.24. The Morgan fingerprint density at radius 3 is 2.81 bits per heavy atom. The first kappa shape index (κ1) is 19.3. The third kappa shape index (κ3) is 4.15. The van der Waals surface area contributed by atoms with Crippen molar-refractivity contribution in [2.24, 2.45) is 0 Å². The largest absolute Gasteiger partial charge is 0.448 e. The number of hydrogen-bond donors (Lipinski definition) is 1. The van der Waals surface area contributed by atoms with Crippen LogP contribution >= 0.6 is 0 Å². The van der Waals surface area contributed by atoms with Gasteiger partial charge in [-0.15, -0.1) is 10.2 Å². The maximum absolute atomic E-state index is 12.7. The van der Waals surface area contributed by atoms with E-state index >= 15 is 0 Å². The molecular formula is C23H22N6O2. The average Bonchev–Trinajstić information content (AvgIpc) is 3.30. The molecule has 5 rings (SSSR count). The molecule has 1 aromatic carbocycles. The Labute approximate surface area is 179 Å². The van der Waals surface area contributed by atoms with Gasteiger partial charge in [0.15, 0.2) is 17.4 Å². The normalized spacial score (nSPS) is 15.3. The van der Waals surface area contributed by atoms with Gasteiger partial charge in [-0.05, 0) is 62.8 Å². The molecule has 0 saturated carbocycles. The zero-order valence-corrected chi connectivity index (χ0v) is 17.2. The number of carbonyl (C=O) groups is 1. The van der Waals surface area contributed by atoms with Crippen LogP contribution in [0.4, 0.5) is 5.82 Å². The van der Waals surface area contributed by atoms with E-state index < -0.39 is 0 Å². The standard InChI is InChI=1S/C23H22N6O2/c1-29-9-6-15(7-10-29)23-25-20(14-31-23)22(30)26-21-12-18-11-16(4-5-19(18)27-28-21)17-3-2-8-24-13-17/h2-5,8,11-15H,6-7,9-10H2,1H3,(H,26,28,30). The molecule has 3 aromatic heterocycles. The number of hydrogen-bond acceptors (Lipinski definition) is 7. The van der Waals surface area contributed by atoms with E-state index in [-0.39, 0.29) is 17.5 Å². The highest BCUT2D eigenvalue weighted by molar-refractivity contribution is 6.02. The highest BCUT2D eigenvalue weighted by Crippen LogP contribution is 2.27. The lowest BCUT2D eigenvalue weighted by Gasteiger charge is -2.26. The van der Waals surface area contributed by atoms with Crippen LogP contribution in [0.1, 0.15) is 35.1 Å². The van der Waals surface area contributed by atoms with Gasteiger partial charge in [-0.2, -0.15) is 0 Å². The fourth-order valence-corrected chi connectivity index (χ4v) is 3.83. The van der Waals surface area contributed by atoms with Gasteiger partial charge in [0.05, 0.1) is 5.52 Å². The topological polar surface area (TPSA) is 97.0 Å². The molecule has 4 heterocycles. The fraction of sp³-hybridized carbons (Fsp3) is 0.261. The molecule has 1 saturated heterocycles. The van der Waals surface area contributed by atoms with Crippen molar-refractivity contribution < 1.29 is 9.21 Å². The lowest BCUT2D eigenvalue weighted by atomic mass is 9.97. The Morgan fingerprint density at radius 1 is 1.13 bits per heavy atom. The molecule has 31 heavy (non-hydrogen) atoms. The lowest BCUT2D eigenvalue weighted by Crippen LogP contribution is -2.29. The van der Waals surface area contributed by atoms with E-state index in [9.17, 15) is 4.79 Å². The third-order valence-electron chi connectivity index (χ3n) is 5.64. The van der Waals surface area contributed by atoms with E-state index in [1.165, 1.54) is 6.26 Å². The fourth-order valence-electron chi connectivity index (χ4n) is 3.83. The van der Waals surface area contributed by atoms with Gasteiger partial charge < -0.3 is 14.6 Å². The number of carbonyl (C=O) groups excluding carboxylic acids is 1. The van der Waals surface area contributed by atoms with Gasteiger partial charge in [0.1, 0.15) is 6.26 Å². The number of benzene rings is 1. The quantitative estimate of drug-likeness (QED) is 0.543. The predicted octanol–water partition coefficient (Wildman–Crippen LogP) is 3.74. The van der Waals surface area contributed by atoms with Crippen molar-refractivity contribution in [3.05, 3.63) is 66.6 Å². The first-order valence-corrected chi connectivity index (χ1v) is 10.3. The number of nitrogens with zero attached hydrogens (tertiary/aromatic N) is 5. The minimum Gasteiger partial charge on any atom is -0.448 e. The van der Waals surface area contributed by atoms with Gasteiger partial charge in [0, 0.05) is 29.3 Å². The van der Waals surface area contributed by atoms with Crippen molar-refractivity contribution in [2.45, 2.75) is 18.8 Å². The maximum atomic E-state index is 12.7. The van der Waals surface area contributed by atoms with E-state index in [4.69, 9.17) is 4.42 Å². The van der Waals surface area contributed by atoms with Crippen LogP contribution < -0.4 is 5.32 Å². The number of rotatable bonds is 4. The summed E-state index contributed by atoms with van der Waals surface area (Å²) in [6.07, 6.45) is 6.93. The number of aromatic nitrogens is 4. The molecule has 0 atom stereocenters. The number of piperidine rings is 1. The van der Waals surface area contributed by atoms with Gasteiger partial charge in [-0.3, -0.25) is 9.78 Å². The van der Waals surface area contributed by atoms with E-state index in [2.05, 4.69) is 37.4 Å². The van der Waals surface area contributed by atoms with Crippen molar-refractivity contribution in [1.82, 2.24) is 25.1 Å². The summed E-state index contributed by atoms with van der Waals surface area (Å²) in [6, 6.07) is 11.6. The summed E-state index contributed by atoms with van der Waals surface area (Å²) in [5.74, 6) is 0.887. The van der Waals surface area contributed by atoms with Gasteiger partial charge in [0.25, 0.3) is 5.91 Å². The van der Waals surface area contributed by atoms with Crippen LogP contribution in [0.25, 0.3) is 22.0 Å². The number of likely N-dealkylation sites (tertiary alicyclic amines) is 1. The van der Waals surface area contributed by atoms with Gasteiger partial charge in [0.2, 0.25) is 0 Å². The smallest absolute Gasteiger partial charge is 0.278 e. The first-order valence-electron chi connectivity index (χ1n) is 10.3. The van der Waals surface area contributed by atoms with Crippen LogP contribution in [0.3, 0.4) is 0 Å². The van der Waals surface area contributed by atoms with Crippen molar-refractivity contribution in [2.75, 3.05) is 25.5 Å². The minimum atomic E-state index is -0.361. The molecule has 1 amide bonds. The first-order chi connectivity index (χ1) is 15.2. The zero-order chi connectivity index (χ0) is 21.2. The molecule has 0 bridgehead atoms. The molecule has 4 aromatic rings. The van der Waals surface area contributed by atoms with E-state index in [0.717, 1.165) is 48.0 Å². The second-order valence-corrected chi connectivity index (χ2v) is 7.85. The van der Waals surface area contributed by atoms with Gasteiger partial charge in [-0.1, -0.05) is 12.1 Å².